The number of nitrogens with one attached hydrogen (secondary N) is 2. The van der Waals surface area contributed by atoms with Gasteiger partial charge in [-0.25, -0.2) is 0 Å². The summed E-state index contributed by atoms with van der Waals surface area (Å²) in [5, 5.41) is 5.37. The standard InChI is InChI=1S/C14H24N4O3/c1-4-17(3)10-6-13(20)15-8-9-16-14(21)7-11-18(5-2)12-19/h4-5,12H,1-2,6-11H2,3H3,(H,15,20)(H,16,21). The molecule has 7 nitrogen and oxygen atoms in total. The quantitative estimate of drug-likeness (QED) is 0.382. The molecule has 0 rings (SSSR count). The predicted octanol–water partition coefficient (Wildman–Crippen LogP) is -0.324. The molecule has 0 aliphatic rings. The third-order valence-corrected chi connectivity index (χ3v) is 2.74. The van der Waals surface area contributed by atoms with Gasteiger partial charge in [-0.05, 0) is 12.4 Å². The molecule has 118 valence electrons. The highest BCUT2D eigenvalue weighted by atomic mass is 16.2. The molecule has 0 bridgehead atoms. The summed E-state index contributed by atoms with van der Waals surface area (Å²) in [7, 11) is 1.84. The Bertz CT molecular complexity index is 363. The van der Waals surface area contributed by atoms with E-state index in [1.807, 2.05) is 11.9 Å². The molecule has 0 fully saturated rings. The van der Waals surface area contributed by atoms with Crippen molar-refractivity contribution in [1.29, 1.82) is 0 Å². The van der Waals surface area contributed by atoms with Gasteiger partial charge in [0.15, 0.2) is 0 Å². The average molecular weight is 296 g/mol. The SMILES string of the molecule is C=CN(C)CCC(=O)NCCNC(=O)CCN(C=C)C=O. The van der Waals surface area contributed by atoms with E-state index >= 15 is 0 Å². The molecule has 0 aliphatic carbocycles. The van der Waals surface area contributed by atoms with E-state index in [9.17, 15) is 14.4 Å². The van der Waals surface area contributed by atoms with Gasteiger partial charge in [-0.15, -0.1) is 0 Å². The van der Waals surface area contributed by atoms with Crippen LogP contribution >= 0.6 is 0 Å². The number of hydrogen-bond donors (Lipinski definition) is 2. The number of hydrogen-bond acceptors (Lipinski definition) is 4. The van der Waals surface area contributed by atoms with E-state index in [-0.39, 0.29) is 18.2 Å². The number of rotatable bonds is 12. The summed E-state index contributed by atoms with van der Waals surface area (Å²) in [6.45, 7) is 8.66. The van der Waals surface area contributed by atoms with Crippen LogP contribution in [-0.2, 0) is 14.4 Å². The van der Waals surface area contributed by atoms with E-state index in [1.165, 1.54) is 11.1 Å². The van der Waals surface area contributed by atoms with Crippen molar-refractivity contribution in [3.05, 3.63) is 25.6 Å². The topological polar surface area (TPSA) is 81.8 Å². The molecule has 0 saturated carbocycles. The van der Waals surface area contributed by atoms with Crippen LogP contribution in [0, 0.1) is 0 Å². The van der Waals surface area contributed by atoms with Crippen LogP contribution < -0.4 is 10.6 Å². The summed E-state index contributed by atoms with van der Waals surface area (Å²) in [4.78, 5) is 36.5. The third-order valence-electron chi connectivity index (χ3n) is 2.74. The lowest BCUT2D eigenvalue weighted by atomic mass is 10.3. The molecule has 0 aromatic rings. The van der Waals surface area contributed by atoms with Crippen LogP contribution in [0.2, 0.25) is 0 Å². The molecule has 0 spiro atoms. The van der Waals surface area contributed by atoms with Crippen LogP contribution in [0.4, 0.5) is 0 Å². The number of amides is 3. The van der Waals surface area contributed by atoms with Crippen molar-refractivity contribution in [2.24, 2.45) is 0 Å². The molecule has 0 atom stereocenters. The summed E-state index contributed by atoms with van der Waals surface area (Å²) < 4.78 is 0. The van der Waals surface area contributed by atoms with Crippen molar-refractivity contribution in [2.45, 2.75) is 12.8 Å². The fourth-order valence-electron chi connectivity index (χ4n) is 1.37. The highest BCUT2D eigenvalue weighted by Crippen LogP contribution is 1.88. The predicted molar refractivity (Wildman–Crippen MR) is 81.0 cm³/mol. The average Bonchev–Trinajstić information content (AvgIpc) is 2.50. The maximum atomic E-state index is 11.5. The maximum Gasteiger partial charge on any atom is 0.221 e. The lowest BCUT2D eigenvalue weighted by molar-refractivity contribution is -0.123. The number of carbonyl (C=O) groups excluding carboxylic acids is 3. The Labute approximate surface area is 125 Å². The van der Waals surface area contributed by atoms with Gasteiger partial charge < -0.3 is 20.4 Å². The Morgan fingerprint density at radius 1 is 1.00 bits per heavy atom. The van der Waals surface area contributed by atoms with Crippen LogP contribution in [-0.4, -0.2) is 61.3 Å². The van der Waals surface area contributed by atoms with Gasteiger partial charge in [-0.3, -0.25) is 14.4 Å². The lowest BCUT2D eigenvalue weighted by Crippen LogP contribution is -2.36. The second-order valence-electron chi connectivity index (χ2n) is 4.39. The second-order valence-corrected chi connectivity index (χ2v) is 4.39. The molecule has 0 aliphatic heterocycles. The summed E-state index contributed by atoms with van der Waals surface area (Å²) in [5.41, 5.74) is 0. The molecule has 3 amide bonds. The molecule has 0 saturated heterocycles. The van der Waals surface area contributed by atoms with E-state index in [0.29, 0.717) is 39.0 Å². The Hall–Kier alpha value is -2.31. The minimum Gasteiger partial charge on any atom is -0.380 e. The molecular weight excluding hydrogens is 272 g/mol. The van der Waals surface area contributed by atoms with Crippen molar-refractivity contribution >= 4 is 18.2 Å². The lowest BCUT2D eigenvalue weighted by Gasteiger charge is -2.13. The summed E-state index contributed by atoms with van der Waals surface area (Å²) in [6, 6.07) is 0. The molecule has 0 unspecified atom stereocenters. The molecule has 7 heteroatoms. The van der Waals surface area contributed by atoms with Gasteiger partial charge in [-0.1, -0.05) is 13.2 Å². The van der Waals surface area contributed by atoms with E-state index in [1.54, 1.807) is 6.20 Å². The maximum absolute atomic E-state index is 11.5. The van der Waals surface area contributed by atoms with Crippen LogP contribution in [0.3, 0.4) is 0 Å². The van der Waals surface area contributed by atoms with E-state index in [0.717, 1.165) is 0 Å². The minimum atomic E-state index is -0.177. The van der Waals surface area contributed by atoms with Gasteiger partial charge >= 0.3 is 0 Å². The van der Waals surface area contributed by atoms with Crippen LogP contribution in [0.1, 0.15) is 12.8 Å². The van der Waals surface area contributed by atoms with Crippen molar-refractivity contribution < 1.29 is 14.4 Å². The van der Waals surface area contributed by atoms with Gasteiger partial charge in [0.1, 0.15) is 0 Å². The highest BCUT2D eigenvalue weighted by molar-refractivity contribution is 5.77. The zero-order valence-electron chi connectivity index (χ0n) is 12.5. The molecule has 0 heterocycles. The Kier molecular flexibility index (Phi) is 10.2. The third kappa shape index (κ3) is 10.2. The largest absolute Gasteiger partial charge is 0.380 e. The van der Waals surface area contributed by atoms with Gasteiger partial charge in [0.25, 0.3) is 0 Å². The van der Waals surface area contributed by atoms with E-state index in [4.69, 9.17) is 0 Å². The van der Waals surface area contributed by atoms with Gasteiger partial charge in [0.2, 0.25) is 18.2 Å². The first-order valence-electron chi connectivity index (χ1n) is 6.73. The van der Waals surface area contributed by atoms with Gasteiger partial charge in [0.05, 0.1) is 0 Å². The van der Waals surface area contributed by atoms with Gasteiger partial charge in [-0.2, -0.15) is 0 Å². The smallest absolute Gasteiger partial charge is 0.221 e. The summed E-state index contributed by atoms with van der Waals surface area (Å²) in [6.07, 6.45) is 4.20. The fourth-order valence-corrected chi connectivity index (χ4v) is 1.37. The molecular formula is C14H24N4O3. The normalized spacial score (nSPS) is 9.38. The Morgan fingerprint density at radius 2 is 1.52 bits per heavy atom. The van der Waals surface area contributed by atoms with E-state index in [2.05, 4.69) is 23.8 Å². The first-order chi connectivity index (χ1) is 10.0. The molecule has 21 heavy (non-hydrogen) atoms. The first-order valence-corrected chi connectivity index (χ1v) is 6.73. The second kappa shape index (κ2) is 11.5. The van der Waals surface area contributed by atoms with Crippen LogP contribution in [0.5, 0.6) is 0 Å². The Balaban J connectivity index is 3.63. The number of nitrogens with zero attached hydrogens (tertiary/aromatic N) is 2. The van der Waals surface area contributed by atoms with Crippen molar-refractivity contribution in [1.82, 2.24) is 20.4 Å². The molecule has 0 aromatic carbocycles. The van der Waals surface area contributed by atoms with Crippen molar-refractivity contribution in [3.8, 4) is 0 Å². The first kappa shape index (κ1) is 18.7. The van der Waals surface area contributed by atoms with Crippen LogP contribution in [0.25, 0.3) is 0 Å². The zero-order chi connectivity index (χ0) is 16.1. The fraction of sp³-hybridized carbons (Fsp3) is 0.500. The molecule has 2 N–H and O–H groups in total. The monoisotopic (exact) mass is 296 g/mol. The minimum absolute atomic E-state index is 0.0725. The summed E-state index contributed by atoms with van der Waals surface area (Å²) >= 11 is 0. The van der Waals surface area contributed by atoms with Crippen molar-refractivity contribution in [3.63, 3.8) is 0 Å². The van der Waals surface area contributed by atoms with Gasteiger partial charge in [0, 0.05) is 46.1 Å². The highest BCUT2D eigenvalue weighted by Gasteiger charge is 2.04. The Morgan fingerprint density at radius 3 is 1.95 bits per heavy atom. The summed E-state index contributed by atoms with van der Waals surface area (Å²) in [5.74, 6) is -0.249. The van der Waals surface area contributed by atoms with Crippen LogP contribution in [0.15, 0.2) is 25.6 Å². The molecule has 0 aromatic heterocycles. The molecule has 0 radical (unpaired) electrons. The van der Waals surface area contributed by atoms with E-state index < -0.39 is 0 Å². The zero-order valence-corrected chi connectivity index (χ0v) is 12.5. The van der Waals surface area contributed by atoms with Crippen molar-refractivity contribution in [2.75, 3.05) is 33.2 Å². The number of carbonyl (C=O) groups is 3.